The lowest BCUT2D eigenvalue weighted by Gasteiger charge is -2.37. The van der Waals surface area contributed by atoms with Crippen molar-refractivity contribution in [1.82, 2.24) is 0 Å². The van der Waals surface area contributed by atoms with E-state index in [0.717, 1.165) is 31.7 Å². The van der Waals surface area contributed by atoms with E-state index in [2.05, 4.69) is 24.4 Å². The number of rotatable bonds is 3. The summed E-state index contributed by atoms with van der Waals surface area (Å²) in [6.45, 7) is 3.68. The molecule has 16 heavy (non-hydrogen) atoms. The zero-order valence-corrected chi connectivity index (χ0v) is 9.70. The van der Waals surface area contributed by atoms with Crippen molar-refractivity contribution < 1.29 is 9.84 Å². The van der Waals surface area contributed by atoms with Gasteiger partial charge >= 0.3 is 0 Å². The smallest absolute Gasteiger partial charge is 0.0663 e. The molecule has 0 bridgehead atoms. The second-order valence-corrected chi connectivity index (χ2v) is 4.49. The van der Waals surface area contributed by atoms with E-state index in [1.165, 1.54) is 5.56 Å². The SMILES string of the molecule is Cc1ccccc1NC1(CO)CCOCC1. The number of aryl methyl sites for hydroxylation is 1. The first-order chi connectivity index (χ1) is 7.76. The zero-order valence-electron chi connectivity index (χ0n) is 9.70. The molecule has 1 aliphatic rings. The Morgan fingerprint density at radius 1 is 1.31 bits per heavy atom. The zero-order chi connectivity index (χ0) is 11.4. The molecule has 0 radical (unpaired) electrons. The van der Waals surface area contributed by atoms with Gasteiger partial charge < -0.3 is 15.2 Å². The third kappa shape index (κ3) is 2.36. The van der Waals surface area contributed by atoms with Crippen molar-refractivity contribution >= 4 is 5.69 Å². The van der Waals surface area contributed by atoms with Crippen molar-refractivity contribution in [3.05, 3.63) is 29.8 Å². The number of para-hydroxylation sites is 1. The maximum absolute atomic E-state index is 9.58. The minimum absolute atomic E-state index is 0.157. The number of aliphatic hydroxyl groups excluding tert-OH is 1. The van der Waals surface area contributed by atoms with Crippen LogP contribution in [0.1, 0.15) is 18.4 Å². The fourth-order valence-corrected chi connectivity index (χ4v) is 2.08. The molecule has 1 heterocycles. The van der Waals surface area contributed by atoms with Gasteiger partial charge in [-0.05, 0) is 31.4 Å². The van der Waals surface area contributed by atoms with Crippen LogP contribution >= 0.6 is 0 Å². The molecule has 0 atom stereocenters. The maximum Gasteiger partial charge on any atom is 0.0663 e. The first kappa shape index (κ1) is 11.4. The summed E-state index contributed by atoms with van der Waals surface area (Å²) in [5.41, 5.74) is 2.12. The molecular weight excluding hydrogens is 202 g/mol. The highest BCUT2D eigenvalue weighted by molar-refractivity contribution is 5.52. The number of aliphatic hydroxyl groups is 1. The van der Waals surface area contributed by atoms with Gasteiger partial charge in [0.25, 0.3) is 0 Å². The van der Waals surface area contributed by atoms with Crippen LogP contribution in [-0.2, 0) is 4.74 Å². The molecule has 1 aromatic rings. The Morgan fingerprint density at radius 3 is 2.62 bits per heavy atom. The number of benzene rings is 1. The highest BCUT2D eigenvalue weighted by Gasteiger charge is 2.31. The van der Waals surface area contributed by atoms with Crippen molar-refractivity contribution in [2.24, 2.45) is 0 Å². The topological polar surface area (TPSA) is 41.5 Å². The minimum Gasteiger partial charge on any atom is -0.394 e. The van der Waals surface area contributed by atoms with E-state index in [1.807, 2.05) is 12.1 Å². The molecule has 0 spiro atoms. The van der Waals surface area contributed by atoms with Gasteiger partial charge in [0.1, 0.15) is 0 Å². The Bertz CT molecular complexity index is 346. The van der Waals surface area contributed by atoms with Crippen LogP contribution in [0.5, 0.6) is 0 Å². The Labute approximate surface area is 96.4 Å². The Hall–Kier alpha value is -1.06. The summed E-state index contributed by atoms with van der Waals surface area (Å²) in [6, 6.07) is 8.17. The molecule has 0 aliphatic carbocycles. The normalized spacial score (nSPS) is 19.4. The van der Waals surface area contributed by atoms with Gasteiger partial charge in [0.2, 0.25) is 0 Å². The van der Waals surface area contributed by atoms with Crippen LogP contribution < -0.4 is 5.32 Å². The van der Waals surface area contributed by atoms with Crippen molar-refractivity contribution in [2.75, 3.05) is 25.1 Å². The lowest BCUT2D eigenvalue weighted by Crippen LogP contribution is -2.47. The molecule has 3 heteroatoms. The van der Waals surface area contributed by atoms with Crippen LogP contribution in [0.4, 0.5) is 5.69 Å². The third-order valence-corrected chi connectivity index (χ3v) is 3.30. The average Bonchev–Trinajstić information content (AvgIpc) is 2.33. The van der Waals surface area contributed by atoms with Gasteiger partial charge in [0.05, 0.1) is 12.1 Å². The standard InChI is InChI=1S/C13H19NO2/c1-11-4-2-3-5-12(11)14-13(10-15)6-8-16-9-7-13/h2-5,14-15H,6-10H2,1H3. The van der Waals surface area contributed by atoms with Gasteiger partial charge in [-0.1, -0.05) is 18.2 Å². The van der Waals surface area contributed by atoms with Crippen molar-refractivity contribution in [1.29, 1.82) is 0 Å². The first-order valence-corrected chi connectivity index (χ1v) is 5.78. The monoisotopic (exact) mass is 221 g/mol. The summed E-state index contributed by atoms with van der Waals surface area (Å²) in [5.74, 6) is 0. The predicted molar refractivity (Wildman–Crippen MR) is 64.7 cm³/mol. The Kier molecular flexibility index (Phi) is 3.46. The quantitative estimate of drug-likeness (QED) is 0.819. The lowest BCUT2D eigenvalue weighted by atomic mass is 9.90. The Morgan fingerprint density at radius 2 is 2.00 bits per heavy atom. The second-order valence-electron chi connectivity index (χ2n) is 4.49. The summed E-state index contributed by atoms with van der Waals surface area (Å²) >= 11 is 0. The van der Waals surface area contributed by atoms with Crippen molar-refractivity contribution in [3.63, 3.8) is 0 Å². The van der Waals surface area contributed by atoms with E-state index in [0.29, 0.717) is 0 Å². The fourth-order valence-electron chi connectivity index (χ4n) is 2.08. The van der Waals surface area contributed by atoms with Gasteiger partial charge in [-0.2, -0.15) is 0 Å². The van der Waals surface area contributed by atoms with E-state index in [-0.39, 0.29) is 12.1 Å². The predicted octanol–water partition coefficient (Wildman–Crippen LogP) is 1.95. The minimum atomic E-state index is -0.204. The average molecular weight is 221 g/mol. The van der Waals surface area contributed by atoms with Crippen LogP contribution in [0.3, 0.4) is 0 Å². The summed E-state index contributed by atoms with van der Waals surface area (Å²) < 4.78 is 5.34. The molecule has 1 saturated heterocycles. The van der Waals surface area contributed by atoms with Crippen LogP contribution in [-0.4, -0.2) is 30.5 Å². The number of ether oxygens (including phenoxy) is 1. The third-order valence-electron chi connectivity index (χ3n) is 3.30. The summed E-state index contributed by atoms with van der Waals surface area (Å²) in [6.07, 6.45) is 1.72. The van der Waals surface area contributed by atoms with Gasteiger partial charge in [-0.3, -0.25) is 0 Å². The number of nitrogens with one attached hydrogen (secondary N) is 1. The second kappa shape index (κ2) is 4.85. The van der Waals surface area contributed by atoms with Crippen molar-refractivity contribution in [3.8, 4) is 0 Å². The summed E-state index contributed by atoms with van der Waals surface area (Å²) in [5, 5.41) is 13.1. The molecule has 0 aromatic heterocycles. The summed E-state index contributed by atoms with van der Waals surface area (Å²) in [4.78, 5) is 0. The first-order valence-electron chi connectivity index (χ1n) is 5.78. The van der Waals surface area contributed by atoms with E-state index >= 15 is 0 Å². The van der Waals surface area contributed by atoms with E-state index in [1.54, 1.807) is 0 Å². The van der Waals surface area contributed by atoms with Gasteiger partial charge in [0, 0.05) is 18.9 Å². The molecule has 1 aliphatic heterocycles. The number of hydrogen-bond acceptors (Lipinski definition) is 3. The van der Waals surface area contributed by atoms with Crippen molar-refractivity contribution in [2.45, 2.75) is 25.3 Å². The molecule has 88 valence electrons. The highest BCUT2D eigenvalue weighted by Crippen LogP contribution is 2.27. The van der Waals surface area contributed by atoms with Gasteiger partial charge in [0.15, 0.2) is 0 Å². The number of hydrogen-bond donors (Lipinski definition) is 2. The highest BCUT2D eigenvalue weighted by atomic mass is 16.5. The van der Waals surface area contributed by atoms with Crippen LogP contribution in [0.2, 0.25) is 0 Å². The molecule has 1 fully saturated rings. The van der Waals surface area contributed by atoms with Gasteiger partial charge in [-0.15, -0.1) is 0 Å². The van der Waals surface area contributed by atoms with Gasteiger partial charge in [-0.25, -0.2) is 0 Å². The molecule has 1 aromatic carbocycles. The van der Waals surface area contributed by atoms with Crippen LogP contribution in [0, 0.1) is 6.92 Å². The van der Waals surface area contributed by atoms with E-state index in [9.17, 15) is 5.11 Å². The molecule has 2 N–H and O–H groups in total. The molecule has 3 nitrogen and oxygen atoms in total. The molecule has 0 amide bonds. The fraction of sp³-hybridized carbons (Fsp3) is 0.538. The number of anilines is 1. The molecule has 0 unspecified atom stereocenters. The molecular formula is C13H19NO2. The summed E-state index contributed by atoms with van der Waals surface area (Å²) in [7, 11) is 0. The Balaban J connectivity index is 2.15. The largest absolute Gasteiger partial charge is 0.394 e. The molecule has 0 saturated carbocycles. The lowest BCUT2D eigenvalue weighted by molar-refractivity contribution is 0.0380. The van der Waals surface area contributed by atoms with E-state index < -0.39 is 0 Å². The van der Waals surface area contributed by atoms with Crippen LogP contribution in [0.15, 0.2) is 24.3 Å². The van der Waals surface area contributed by atoms with Crippen LogP contribution in [0.25, 0.3) is 0 Å². The van der Waals surface area contributed by atoms with E-state index in [4.69, 9.17) is 4.74 Å². The maximum atomic E-state index is 9.58. The molecule has 2 rings (SSSR count).